The zero-order valence-electron chi connectivity index (χ0n) is 18.5. The van der Waals surface area contributed by atoms with Gasteiger partial charge in [-0.25, -0.2) is 9.97 Å². The van der Waals surface area contributed by atoms with E-state index in [2.05, 4.69) is 52.7 Å². The lowest BCUT2D eigenvalue weighted by molar-refractivity contribution is 0.0979. The predicted octanol–water partition coefficient (Wildman–Crippen LogP) is 6.49. The number of anilines is 2. The highest BCUT2D eigenvalue weighted by Gasteiger charge is 2.29. The van der Waals surface area contributed by atoms with Crippen LogP contribution in [0.2, 0.25) is 0 Å². The molecule has 0 saturated carbocycles. The zero-order chi connectivity index (χ0) is 23.4. The lowest BCUT2D eigenvalue weighted by atomic mass is 9.84. The average molecular weight is 462 g/mol. The van der Waals surface area contributed by atoms with Gasteiger partial charge in [-0.05, 0) is 48.7 Å². The van der Waals surface area contributed by atoms with E-state index in [4.69, 9.17) is 0 Å². The van der Waals surface area contributed by atoms with Crippen molar-refractivity contribution in [3.63, 3.8) is 0 Å². The molecule has 0 radical (unpaired) electrons. The molecule has 0 saturated heterocycles. The highest BCUT2D eigenvalue weighted by Crippen LogP contribution is 2.38. The van der Waals surface area contributed by atoms with Crippen molar-refractivity contribution in [3.05, 3.63) is 106 Å². The van der Waals surface area contributed by atoms with Crippen LogP contribution in [0.4, 0.5) is 11.5 Å². The number of hydrogen-bond donors (Lipinski definition) is 1. The second-order valence-corrected chi connectivity index (χ2v) is 9.30. The van der Waals surface area contributed by atoms with Crippen LogP contribution in [0, 0.1) is 13.8 Å². The largest absolute Gasteiger partial charge is 0.340 e. The average Bonchev–Trinajstić information content (AvgIpc) is 3.29. The minimum Gasteiger partial charge on any atom is -0.340 e. The molecule has 1 aliphatic carbocycles. The van der Waals surface area contributed by atoms with Crippen molar-refractivity contribution in [2.45, 2.75) is 13.8 Å². The number of carbonyl (C=O) groups excluding carboxylic acids is 2. The first-order chi connectivity index (χ1) is 16.5. The monoisotopic (exact) mass is 461 g/mol. The smallest absolute Gasteiger partial charge is 0.194 e. The van der Waals surface area contributed by atoms with Crippen LogP contribution in [0.5, 0.6) is 0 Å². The van der Waals surface area contributed by atoms with Gasteiger partial charge in [0.25, 0.3) is 0 Å². The van der Waals surface area contributed by atoms with Gasteiger partial charge in [0.15, 0.2) is 11.6 Å². The van der Waals surface area contributed by atoms with E-state index in [1.807, 2.05) is 6.07 Å². The van der Waals surface area contributed by atoms with Gasteiger partial charge in [-0.2, -0.15) is 0 Å². The molecule has 0 fully saturated rings. The quantitative estimate of drug-likeness (QED) is 0.326. The fourth-order valence-electron chi connectivity index (χ4n) is 4.41. The molecule has 6 heteroatoms. The summed E-state index contributed by atoms with van der Waals surface area (Å²) in [5, 5.41) is 6.40. The number of nitrogens with zero attached hydrogens (tertiary/aromatic N) is 2. The fraction of sp³-hybridized carbons (Fsp3) is 0.0714. The van der Waals surface area contributed by atoms with Crippen molar-refractivity contribution in [2.75, 3.05) is 5.32 Å². The second kappa shape index (κ2) is 7.71. The molecule has 5 aromatic rings. The van der Waals surface area contributed by atoms with E-state index in [9.17, 15) is 9.59 Å². The van der Waals surface area contributed by atoms with Gasteiger partial charge in [0.05, 0.1) is 5.39 Å². The number of benzene rings is 3. The second-order valence-electron chi connectivity index (χ2n) is 8.44. The van der Waals surface area contributed by atoms with Crippen molar-refractivity contribution < 1.29 is 9.59 Å². The van der Waals surface area contributed by atoms with Gasteiger partial charge < -0.3 is 5.32 Å². The maximum Gasteiger partial charge on any atom is 0.194 e. The van der Waals surface area contributed by atoms with Crippen molar-refractivity contribution >= 4 is 44.6 Å². The van der Waals surface area contributed by atoms with Gasteiger partial charge in [0, 0.05) is 38.9 Å². The fourth-order valence-corrected chi connectivity index (χ4v) is 5.32. The lowest BCUT2D eigenvalue weighted by Gasteiger charge is -2.18. The molecule has 0 bridgehead atoms. The Morgan fingerprint density at radius 2 is 1.47 bits per heavy atom. The molecular weight excluding hydrogens is 442 g/mol. The number of ketones is 2. The highest BCUT2D eigenvalue weighted by molar-refractivity contribution is 7.17. The van der Waals surface area contributed by atoms with Gasteiger partial charge in [0.2, 0.25) is 0 Å². The molecule has 2 aromatic heterocycles. The molecular formula is C28H19N3O2S. The lowest BCUT2D eigenvalue weighted by Crippen LogP contribution is -2.20. The number of aryl methyl sites for hydroxylation is 2. The summed E-state index contributed by atoms with van der Waals surface area (Å²) >= 11 is 1.57. The maximum atomic E-state index is 13.1. The minimum absolute atomic E-state index is 0.129. The summed E-state index contributed by atoms with van der Waals surface area (Å²) in [5.41, 5.74) is 7.04. The molecule has 0 atom stereocenters. The van der Waals surface area contributed by atoms with Gasteiger partial charge in [-0.3, -0.25) is 9.59 Å². The Morgan fingerprint density at radius 1 is 0.735 bits per heavy atom. The molecule has 0 spiro atoms. The zero-order valence-corrected chi connectivity index (χ0v) is 19.4. The third-order valence-electron chi connectivity index (χ3n) is 6.38. The van der Waals surface area contributed by atoms with Crippen LogP contribution in [0.3, 0.4) is 0 Å². The van der Waals surface area contributed by atoms with Crippen LogP contribution < -0.4 is 5.32 Å². The molecule has 34 heavy (non-hydrogen) atoms. The normalized spacial score (nSPS) is 12.5. The van der Waals surface area contributed by atoms with Crippen LogP contribution in [-0.4, -0.2) is 21.5 Å². The number of rotatable bonds is 3. The molecule has 164 valence electrons. The number of fused-ring (bicyclic) bond motifs is 3. The van der Waals surface area contributed by atoms with E-state index in [-0.39, 0.29) is 11.6 Å². The third-order valence-corrected chi connectivity index (χ3v) is 7.26. The summed E-state index contributed by atoms with van der Waals surface area (Å²) in [5.74, 6) is 0.387. The van der Waals surface area contributed by atoms with Crippen molar-refractivity contribution in [1.82, 2.24) is 9.97 Å². The molecule has 0 aliphatic heterocycles. The van der Waals surface area contributed by atoms with Crippen LogP contribution in [0.25, 0.3) is 21.3 Å². The number of carbonyl (C=O) groups is 2. The summed E-state index contributed by atoms with van der Waals surface area (Å²) in [4.78, 5) is 35.9. The Labute approximate surface area is 200 Å². The van der Waals surface area contributed by atoms with Crippen LogP contribution >= 0.6 is 11.3 Å². The molecule has 2 heterocycles. The van der Waals surface area contributed by atoms with E-state index in [1.54, 1.807) is 47.7 Å². The topological polar surface area (TPSA) is 72.0 Å². The standard InChI is InChI=1S/C28H19N3O2S/c1-15-7-8-17(11-16(15)2)23-13-34-28-24(23)27(29-14-30-28)31-18-9-10-21-22(12-18)26(33)20-6-4-3-5-19(20)25(21)32/h3-14H,1-2H3,(H,29,30,31). The summed E-state index contributed by atoms with van der Waals surface area (Å²) in [6, 6.07) is 18.6. The summed E-state index contributed by atoms with van der Waals surface area (Å²) in [6.45, 7) is 4.20. The van der Waals surface area contributed by atoms with Crippen molar-refractivity contribution in [3.8, 4) is 11.1 Å². The van der Waals surface area contributed by atoms with Gasteiger partial charge >= 0.3 is 0 Å². The van der Waals surface area contributed by atoms with Gasteiger partial charge in [-0.15, -0.1) is 11.3 Å². The van der Waals surface area contributed by atoms with Crippen molar-refractivity contribution in [2.24, 2.45) is 0 Å². The molecule has 3 aromatic carbocycles. The Kier molecular flexibility index (Phi) is 4.64. The number of thiophene rings is 1. The van der Waals surface area contributed by atoms with E-state index in [1.165, 1.54) is 17.5 Å². The number of hydrogen-bond acceptors (Lipinski definition) is 6. The summed E-state index contributed by atoms with van der Waals surface area (Å²) < 4.78 is 0. The Morgan fingerprint density at radius 3 is 2.24 bits per heavy atom. The van der Waals surface area contributed by atoms with E-state index in [0.29, 0.717) is 33.8 Å². The summed E-state index contributed by atoms with van der Waals surface area (Å²) in [7, 11) is 0. The first-order valence-corrected chi connectivity index (χ1v) is 11.8. The predicted molar refractivity (Wildman–Crippen MR) is 135 cm³/mol. The van der Waals surface area contributed by atoms with Gasteiger partial charge in [-0.1, -0.05) is 42.5 Å². The third kappa shape index (κ3) is 3.15. The van der Waals surface area contributed by atoms with Crippen LogP contribution in [0.15, 0.2) is 72.4 Å². The van der Waals surface area contributed by atoms with Crippen LogP contribution in [-0.2, 0) is 0 Å². The summed E-state index contributed by atoms with van der Waals surface area (Å²) in [6.07, 6.45) is 1.54. The van der Waals surface area contributed by atoms with E-state index < -0.39 is 0 Å². The molecule has 5 nitrogen and oxygen atoms in total. The molecule has 0 amide bonds. The SMILES string of the molecule is Cc1ccc(-c2csc3ncnc(Nc4ccc5c(c4)C(=O)c4ccccc4C5=O)c23)cc1C. The molecule has 1 N–H and O–H groups in total. The molecule has 6 rings (SSSR count). The number of nitrogens with one attached hydrogen (secondary N) is 1. The maximum absolute atomic E-state index is 13.1. The van der Waals surface area contributed by atoms with Gasteiger partial charge in [0.1, 0.15) is 17.0 Å². The first kappa shape index (κ1) is 20.4. The minimum atomic E-state index is -0.145. The molecule has 0 unspecified atom stereocenters. The highest BCUT2D eigenvalue weighted by atomic mass is 32.1. The first-order valence-electron chi connectivity index (χ1n) is 10.9. The van der Waals surface area contributed by atoms with Crippen LogP contribution in [0.1, 0.15) is 43.0 Å². The van der Waals surface area contributed by atoms with E-state index >= 15 is 0 Å². The van der Waals surface area contributed by atoms with Crippen molar-refractivity contribution in [1.29, 1.82) is 0 Å². The number of aromatic nitrogens is 2. The van der Waals surface area contributed by atoms with E-state index in [0.717, 1.165) is 21.3 Å². The Bertz CT molecular complexity index is 1650. The molecule has 1 aliphatic rings. The Balaban J connectivity index is 1.43. The Hall–Kier alpha value is -4.16.